The van der Waals surface area contributed by atoms with Crippen LogP contribution in [0, 0.1) is 13.8 Å². The molecule has 6 nitrogen and oxygen atoms in total. The van der Waals surface area contributed by atoms with Crippen LogP contribution in [0.5, 0.6) is 5.75 Å². The fourth-order valence-corrected chi connectivity index (χ4v) is 4.13. The van der Waals surface area contributed by atoms with Gasteiger partial charge in [0.05, 0.1) is 17.7 Å². The molecule has 1 aromatic heterocycles. The molecule has 0 N–H and O–H groups in total. The van der Waals surface area contributed by atoms with Crippen molar-refractivity contribution in [3.8, 4) is 5.75 Å². The molecule has 0 aliphatic carbocycles. The monoisotopic (exact) mass is 351 g/mol. The van der Waals surface area contributed by atoms with E-state index in [2.05, 4.69) is 5.10 Å². The van der Waals surface area contributed by atoms with E-state index in [1.165, 1.54) is 4.31 Å². The van der Waals surface area contributed by atoms with Gasteiger partial charge in [-0.1, -0.05) is 6.92 Å². The van der Waals surface area contributed by atoms with Crippen molar-refractivity contribution < 1.29 is 13.2 Å². The lowest BCUT2D eigenvalue weighted by molar-refractivity contribution is 0.413. The van der Waals surface area contributed by atoms with Crippen molar-refractivity contribution in [2.24, 2.45) is 0 Å². The van der Waals surface area contributed by atoms with Gasteiger partial charge in [0.15, 0.2) is 0 Å². The van der Waals surface area contributed by atoms with Crippen molar-refractivity contribution in [1.82, 2.24) is 14.1 Å². The van der Waals surface area contributed by atoms with Gasteiger partial charge in [0.2, 0.25) is 10.0 Å². The van der Waals surface area contributed by atoms with Gasteiger partial charge < -0.3 is 4.74 Å². The first-order valence-electron chi connectivity index (χ1n) is 8.02. The Labute approximate surface area is 144 Å². The highest BCUT2D eigenvalue weighted by atomic mass is 32.2. The highest BCUT2D eigenvalue weighted by Gasteiger charge is 2.25. The summed E-state index contributed by atoms with van der Waals surface area (Å²) in [5.74, 6) is 0.632. The molecule has 0 bridgehead atoms. The van der Waals surface area contributed by atoms with E-state index in [9.17, 15) is 8.42 Å². The van der Waals surface area contributed by atoms with E-state index >= 15 is 0 Å². The molecule has 1 heterocycles. The van der Waals surface area contributed by atoms with Crippen LogP contribution in [-0.2, 0) is 23.1 Å². The predicted molar refractivity (Wildman–Crippen MR) is 93.6 cm³/mol. The third-order valence-corrected chi connectivity index (χ3v) is 6.15. The number of sulfonamides is 1. The topological polar surface area (TPSA) is 64.4 Å². The number of methoxy groups -OCH3 is 1. The molecule has 2 rings (SSSR count). The third kappa shape index (κ3) is 3.47. The Morgan fingerprint density at radius 1 is 1.17 bits per heavy atom. The highest BCUT2D eigenvalue weighted by Crippen LogP contribution is 2.23. The van der Waals surface area contributed by atoms with Crippen LogP contribution in [0.2, 0.25) is 0 Å². The summed E-state index contributed by atoms with van der Waals surface area (Å²) >= 11 is 0. The molecule has 24 heavy (non-hydrogen) atoms. The first-order chi connectivity index (χ1) is 11.3. The van der Waals surface area contributed by atoms with Crippen molar-refractivity contribution >= 4 is 10.0 Å². The number of benzene rings is 1. The van der Waals surface area contributed by atoms with Crippen LogP contribution in [0.25, 0.3) is 0 Å². The summed E-state index contributed by atoms with van der Waals surface area (Å²) in [6, 6.07) is 6.47. The normalized spacial score (nSPS) is 11.9. The average Bonchev–Trinajstić information content (AvgIpc) is 2.86. The highest BCUT2D eigenvalue weighted by molar-refractivity contribution is 7.89. The summed E-state index contributed by atoms with van der Waals surface area (Å²) in [5.41, 5.74) is 2.85. The Hall–Kier alpha value is -1.86. The fourth-order valence-electron chi connectivity index (χ4n) is 2.71. The molecule has 132 valence electrons. The van der Waals surface area contributed by atoms with Crippen molar-refractivity contribution in [2.45, 2.75) is 45.7 Å². The number of nitrogens with zero attached hydrogens (tertiary/aromatic N) is 3. The summed E-state index contributed by atoms with van der Waals surface area (Å²) in [5, 5.41) is 4.47. The van der Waals surface area contributed by atoms with Crippen LogP contribution in [0.1, 0.15) is 30.8 Å². The second-order valence-corrected chi connectivity index (χ2v) is 7.51. The first-order valence-corrected chi connectivity index (χ1v) is 9.46. The quantitative estimate of drug-likeness (QED) is 0.769. The second-order valence-electron chi connectivity index (χ2n) is 5.57. The average molecular weight is 351 g/mol. The Kier molecular flexibility index (Phi) is 5.66. The maximum Gasteiger partial charge on any atom is 0.243 e. The van der Waals surface area contributed by atoms with E-state index in [0.29, 0.717) is 18.8 Å². The van der Waals surface area contributed by atoms with E-state index < -0.39 is 10.0 Å². The van der Waals surface area contributed by atoms with Gasteiger partial charge in [-0.15, -0.1) is 0 Å². The van der Waals surface area contributed by atoms with E-state index in [1.54, 1.807) is 31.4 Å². The van der Waals surface area contributed by atoms with Crippen molar-refractivity contribution in [2.75, 3.05) is 13.7 Å². The zero-order chi connectivity index (χ0) is 17.9. The molecule has 0 amide bonds. The molecule has 0 fully saturated rings. The smallest absolute Gasteiger partial charge is 0.243 e. The van der Waals surface area contributed by atoms with Crippen molar-refractivity contribution in [3.63, 3.8) is 0 Å². The minimum Gasteiger partial charge on any atom is -0.497 e. The standard InChI is InChI=1S/C17H25N3O3S/c1-6-19(12-17-13(3)18-20(7-2)14(17)4)24(21,22)16-10-8-15(23-5)9-11-16/h8-11H,6-7,12H2,1-5H3. The van der Waals surface area contributed by atoms with Crippen molar-refractivity contribution in [3.05, 3.63) is 41.2 Å². The number of rotatable bonds is 7. The summed E-state index contributed by atoms with van der Waals surface area (Å²) in [6.07, 6.45) is 0. The van der Waals surface area contributed by atoms with Crippen LogP contribution in [0.15, 0.2) is 29.2 Å². The number of hydrogen-bond acceptors (Lipinski definition) is 4. The Bertz CT molecular complexity index is 795. The third-order valence-electron chi connectivity index (χ3n) is 4.22. The molecule has 7 heteroatoms. The molecule has 0 spiro atoms. The maximum atomic E-state index is 12.9. The van der Waals surface area contributed by atoms with Crippen LogP contribution < -0.4 is 4.74 Å². The lowest BCUT2D eigenvalue weighted by Gasteiger charge is -2.21. The minimum atomic E-state index is -3.56. The maximum absolute atomic E-state index is 12.9. The lowest BCUT2D eigenvalue weighted by Crippen LogP contribution is -2.30. The molecule has 0 aliphatic rings. The molecular weight excluding hydrogens is 326 g/mol. The summed E-state index contributed by atoms with van der Waals surface area (Å²) < 4.78 is 34.3. The van der Waals surface area contributed by atoms with Gasteiger partial charge in [0.1, 0.15) is 5.75 Å². The summed E-state index contributed by atoms with van der Waals surface area (Å²) in [4.78, 5) is 0.267. The zero-order valence-electron chi connectivity index (χ0n) is 14.9. The van der Waals surface area contributed by atoms with E-state index in [-0.39, 0.29) is 4.90 Å². The predicted octanol–water partition coefficient (Wildman–Crippen LogP) is 2.74. The second kappa shape index (κ2) is 7.36. The van der Waals surface area contributed by atoms with Crippen molar-refractivity contribution in [1.29, 1.82) is 0 Å². The molecular formula is C17H25N3O3S. The molecule has 0 radical (unpaired) electrons. The molecule has 1 aromatic carbocycles. The molecule has 0 saturated carbocycles. The number of ether oxygens (including phenoxy) is 1. The fraction of sp³-hybridized carbons (Fsp3) is 0.471. The van der Waals surface area contributed by atoms with Gasteiger partial charge in [0, 0.05) is 30.9 Å². The number of hydrogen-bond donors (Lipinski definition) is 0. The molecule has 0 atom stereocenters. The van der Waals surface area contributed by atoms with Crippen LogP contribution in [0.4, 0.5) is 0 Å². The molecule has 0 unspecified atom stereocenters. The number of aromatic nitrogens is 2. The van der Waals surface area contributed by atoms with Gasteiger partial charge in [-0.05, 0) is 45.0 Å². The molecule has 2 aromatic rings. The minimum absolute atomic E-state index is 0.267. The number of aryl methyl sites for hydroxylation is 2. The van der Waals surface area contributed by atoms with Gasteiger partial charge in [-0.3, -0.25) is 4.68 Å². The zero-order valence-corrected chi connectivity index (χ0v) is 15.7. The lowest BCUT2D eigenvalue weighted by atomic mass is 10.2. The van der Waals surface area contributed by atoms with Crippen LogP contribution >= 0.6 is 0 Å². The van der Waals surface area contributed by atoms with Crippen LogP contribution in [-0.4, -0.2) is 36.2 Å². The van der Waals surface area contributed by atoms with Gasteiger partial charge in [-0.25, -0.2) is 8.42 Å². The van der Waals surface area contributed by atoms with E-state index in [4.69, 9.17) is 4.74 Å². The summed E-state index contributed by atoms with van der Waals surface area (Å²) in [6.45, 7) is 9.25. The Balaban J connectivity index is 2.34. The van der Waals surface area contributed by atoms with E-state index in [1.807, 2.05) is 32.4 Å². The van der Waals surface area contributed by atoms with Crippen LogP contribution in [0.3, 0.4) is 0 Å². The molecule has 0 saturated heterocycles. The SMILES string of the molecule is CCN(Cc1c(C)nn(CC)c1C)S(=O)(=O)c1ccc(OC)cc1. The first kappa shape index (κ1) is 18.5. The molecule has 0 aliphatic heterocycles. The Morgan fingerprint density at radius 2 is 1.79 bits per heavy atom. The van der Waals surface area contributed by atoms with Gasteiger partial charge in [0.25, 0.3) is 0 Å². The Morgan fingerprint density at radius 3 is 2.25 bits per heavy atom. The largest absolute Gasteiger partial charge is 0.497 e. The summed E-state index contributed by atoms with van der Waals surface area (Å²) in [7, 11) is -2.01. The van der Waals surface area contributed by atoms with E-state index in [0.717, 1.165) is 23.5 Å². The van der Waals surface area contributed by atoms with Gasteiger partial charge in [-0.2, -0.15) is 9.40 Å². The van der Waals surface area contributed by atoms with Gasteiger partial charge >= 0.3 is 0 Å².